The molecule has 1 unspecified atom stereocenters. The van der Waals surface area contributed by atoms with Crippen molar-refractivity contribution in [1.29, 1.82) is 0 Å². The zero-order valence-electron chi connectivity index (χ0n) is 10.1. The molecule has 3 heteroatoms. The predicted octanol–water partition coefficient (Wildman–Crippen LogP) is 3.39. The molecule has 0 spiro atoms. The van der Waals surface area contributed by atoms with Gasteiger partial charge in [-0.1, -0.05) is 11.6 Å². The smallest absolute Gasteiger partial charge is 0.124 e. The minimum absolute atomic E-state index is 0.396. The van der Waals surface area contributed by atoms with Gasteiger partial charge in [0.1, 0.15) is 5.75 Å². The second kappa shape index (κ2) is 4.64. The molecule has 1 aromatic carbocycles. The summed E-state index contributed by atoms with van der Waals surface area (Å²) >= 11 is 6.31. The third-order valence-electron chi connectivity index (χ3n) is 3.32. The molecule has 16 heavy (non-hydrogen) atoms. The van der Waals surface area contributed by atoms with Crippen molar-refractivity contribution in [2.45, 2.75) is 32.7 Å². The van der Waals surface area contributed by atoms with Crippen LogP contribution in [-0.2, 0) is 0 Å². The van der Waals surface area contributed by atoms with Crippen LogP contribution in [0.15, 0.2) is 6.07 Å². The molecular weight excluding hydrogens is 222 g/mol. The number of benzene rings is 1. The van der Waals surface area contributed by atoms with Crippen LogP contribution in [0, 0.1) is 13.8 Å². The van der Waals surface area contributed by atoms with Crippen LogP contribution in [0.3, 0.4) is 0 Å². The van der Waals surface area contributed by atoms with Crippen LogP contribution in [0.2, 0.25) is 5.02 Å². The van der Waals surface area contributed by atoms with Gasteiger partial charge in [0.05, 0.1) is 7.11 Å². The lowest BCUT2D eigenvalue weighted by atomic mass is 9.96. The average molecular weight is 240 g/mol. The van der Waals surface area contributed by atoms with Crippen molar-refractivity contribution >= 4 is 11.6 Å². The molecule has 0 aromatic heterocycles. The summed E-state index contributed by atoms with van der Waals surface area (Å²) in [6.45, 7) is 5.18. The largest absolute Gasteiger partial charge is 0.496 e. The predicted molar refractivity (Wildman–Crippen MR) is 67.5 cm³/mol. The summed E-state index contributed by atoms with van der Waals surface area (Å²) in [7, 11) is 1.72. The van der Waals surface area contributed by atoms with E-state index in [2.05, 4.69) is 12.2 Å². The summed E-state index contributed by atoms with van der Waals surface area (Å²) < 4.78 is 5.48. The van der Waals surface area contributed by atoms with E-state index in [1.807, 2.05) is 13.0 Å². The van der Waals surface area contributed by atoms with Crippen LogP contribution >= 0.6 is 11.6 Å². The summed E-state index contributed by atoms with van der Waals surface area (Å²) in [5.41, 5.74) is 3.46. The molecular formula is C13H18ClNO. The Morgan fingerprint density at radius 3 is 2.75 bits per heavy atom. The van der Waals surface area contributed by atoms with Gasteiger partial charge >= 0.3 is 0 Å². The van der Waals surface area contributed by atoms with Gasteiger partial charge in [-0.2, -0.15) is 0 Å². The number of ether oxygens (including phenoxy) is 1. The number of rotatable bonds is 2. The minimum atomic E-state index is 0.396. The standard InChI is InChI=1S/C13H18ClNO/c1-8-7-11(16-3)12(9(2)13(8)14)10-5-4-6-15-10/h7,10,15H,4-6H2,1-3H3. The third-order valence-corrected chi connectivity index (χ3v) is 3.90. The highest BCUT2D eigenvalue weighted by atomic mass is 35.5. The Bertz CT molecular complexity index is 397. The lowest BCUT2D eigenvalue weighted by Crippen LogP contribution is -2.15. The van der Waals surface area contributed by atoms with Crippen molar-refractivity contribution in [1.82, 2.24) is 5.32 Å². The normalized spacial score (nSPS) is 20.1. The number of methoxy groups -OCH3 is 1. The quantitative estimate of drug-likeness (QED) is 0.854. The first-order valence-electron chi connectivity index (χ1n) is 5.72. The van der Waals surface area contributed by atoms with E-state index in [9.17, 15) is 0 Å². The van der Waals surface area contributed by atoms with Crippen LogP contribution in [-0.4, -0.2) is 13.7 Å². The molecule has 1 aliphatic rings. The zero-order chi connectivity index (χ0) is 11.7. The molecule has 1 heterocycles. The van der Waals surface area contributed by atoms with Crippen LogP contribution in [0.4, 0.5) is 0 Å². The molecule has 88 valence electrons. The number of aryl methyl sites for hydroxylation is 1. The van der Waals surface area contributed by atoms with E-state index in [1.165, 1.54) is 12.0 Å². The van der Waals surface area contributed by atoms with E-state index in [0.717, 1.165) is 34.9 Å². The molecule has 1 atom stereocenters. The molecule has 1 saturated heterocycles. The topological polar surface area (TPSA) is 21.3 Å². The monoisotopic (exact) mass is 239 g/mol. The van der Waals surface area contributed by atoms with Gasteiger partial charge in [0.2, 0.25) is 0 Å². The fourth-order valence-electron chi connectivity index (χ4n) is 2.47. The molecule has 0 amide bonds. The fourth-order valence-corrected chi connectivity index (χ4v) is 2.63. The second-order valence-corrected chi connectivity index (χ2v) is 4.78. The molecule has 0 bridgehead atoms. The molecule has 1 aliphatic heterocycles. The Morgan fingerprint density at radius 1 is 1.44 bits per heavy atom. The maximum Gasteiger partial charge on any atom is 0.124 e. The number of hydrogen-bond donors (Lipinski definition) is 1. The van der Waals surface area contributed by atoms with E-state index in [4.69, 9.17) is 16.3 Å². The summed E-state index contributed by atoms with van der Waals surface area (Å²) in [4.78, 5) is 0. The Balaban J connectivity index is 2.52. The minimum Gasteiger partial charge on any atom is -0.496 e. The summed E-state index contributed by atoms with van der Waals surface area (Å²) in [6.07, 6.45) is 2.38. The third kappa shape index (κ3) is 1.92. The molecule has 0 saturated carbocycles. The van der Waals surface area contributed by atoms with Crippen LogP contribution in [0.25, 0.3) is 0 Å². The maximum atomic E-state index is 6.31. The van der Waals surface area contributed by atoms with Gasteiger partial charge in [-0.05, 0) is 50.4 Å². The first kappa shape index (κ1) is 11.7. The number of halogens is 1. The van der Waals surface area contributed by atoms with Gasteiger partial charge in [-0.3, -0.25) is 0 Å². The van der Waals surface area contributed by atoms with Gasteiger partial charge in [0, 0.05) is 16.6 Å². The van der Waals surface area contributed by atoms with E-state index in [-0.39, 0.29) is 0 Å². The summed E-state index contributed by atoms with van der Waals surface area (Å²) in [5, 5.41) is 4.36. The molecule has 1 fully saturated rings. The highest BCUT2D eigenvalue weighted by Crippen LogP contribution is 2.38. The van der Waals surface area contributed by atoms with E-state index >= 15 is 0 Å². The lowest BCUT2D eigenvalue weighted by molar-refractivity contribution is 0.402. The fraction of sp³-hybridized carbons (Fsp3) is 0.538. The van der Waals surface area contributed by atoms with Crippen molar-refractivity contribution in [3.8, 4) is 5.75 Å². The van der Waals surface area contributed by atoms with E-state index in [1.54, 1.807) is 7.11 Å². The maximum absolute atomic E-state index is 6.31. The van der Waals surface area contributed by atoms with E-state index < -0.39 is 0 Å². The number of nitrogens with one attached hydrogen (secondary N) is 1. The Hall–Kier alpha value is -0.730. The van der Waals surface area contributed by atoms with Crippen molar-refractivity contribution < 1.29 is 4.74 Å². The van der Waals surface area contributed by atoms with Gasteiger partial charge in [0.25, 0.3) is 0 Å². The van der Waals surface area contributed by atoms with Crippen LogP contribution in [0.1, 0.15) is 35.6 Å². The Labute approximate surface area is 102 Å². The van der Waals surface area contributed by atoms with Crippen LogP contribution < -0.4 is 10.1 Å². The SMILES string of the molecule is COc1cc(C)c(Cl)c(C)c1C1CCCN1. The van der Waals surface area contributed by atoms with Crippen molar-refractivity contribution in [2.75, 3.05) is 13.7 Å². The van der Waals surface area contributed by atoms with Gasteiger partial charge in [-0.15, -0.1) is 0 Å². The van der Waals surface area contributed by atoms with Crippen molar-refractivity contribution in [3.05, 3.63) is 27.8 Å². The summed E-state index contributed by atoms with van der Waals surface area (Å²) in [6, 6.07) is 2.43. The number of hydrogen-bond acceptors (Lipinski definition) is 2. The average Bonchev–Trinajstić information content (AvgIpc) is 2.78. The summed E-state index contributed by atoms with van der Waals surface area (Å²) in [5.74, 6) is 0.957. The lowest BCUT2D eigenvalue weighted by Gasteiger charge is -2.20. The van der Waals surface area contributed by atoms with Gasteiger partial charge in [0.15, 0.2) is 0 Å². The molecule has 2 nitrogen and oxygen atoms in total. The Kier molecular flexibility index (Phi) is 3.41. The molecule has 0 aliphatic carbocycles. The molecule has 2 rings (SSSR count). The first-order chi connectivity index (χ1) is 7.65. The molecule has 1 aromatic rings. The molecule has 1 N–H and O–H groups in total. The highest BCUT2D eigenvalue weighted by molar-refractivity contribution is 6.32. The Morgan fingerprint density at radius 2 is 2.19 bits per heavy atom. The van der Waals surface area contributed by atoms with Gasteiger partial charge < -0.3 is 10.1 Å². The van der Waals surface area contributed by atoms with Crippen LogP contribution in [0.5, 0.6) is 5.75 Å². The van der Waals surface area contributed by atoms with Gasteiger partial charge in [-0.25, -0.2) is 0 Å². The first-order valence-corrected chi connectivity index (χ1v) is 6.10. The van der Waals surface area contributed by atoms with E-state index in [0.29, 0.717) is 6.04 Å². The second-order valence-electron chi connectivity index (χ2n) is 4.40. The molecule has 0 radical (unpaired) electrons. The highest BCUT2D eigenvalue weighted by Gasteiger charge is 2.23. The zero-order valence-corrected chi connectivity index (χ0v) is 10.8. The van der Waals surface area contributed by atoms with Crippen molar-refractivity contribution in [2.24, 2.45) is 0 Å². The van der Waals surface area contributed by atoms with Crippen molar-refractivity contribution in [3.63, 3.8) is 0 Å².